The van der Waals surface area contributed by atoms with Crippen molar-refractivity contribution >= 4 is 22.9 Å². The molecule has 2 heterocycles. The zero-order valence-corrected chi connectivity index (χ0v) is 10.6. The van der Waals surface area contributed by atoms with Gasteiger partial charge in [-0.2, -0.15) is 0 Å². The van der Waals surface area contributed by atoms with E-state index in [9.17, 15) is 5.11 Å². The number of ether oxygens (including phenoxy) is 1. The molecule has 0 saturated carbocycles. The summed E-state index contributed by atoms with van der Waals surface area (Å²) in [5, 5.41) is 12.9. The van der Waals surface area contributed by atoms with Crippen LogP contribution in [0.2, 0.25) is 5.02 Å². The Kier molecular flexibility index (Phi) is 2.82. The summed E-state index contributed by atoms with van der Waals surface area (Å²) in [6.45, 7) is 0.692. The standard InChI is InChI=1S/C13H11ClO2S/c14-10-5-7-17-13(10)11(15)9-3-1-2-8-4-6-16-12(8)9/h1-3,5,7,11,15H,4,6H2. The molecule has 0 bridgehead atoms. The van der Waals surface area contributed by atoms with Gasteiger partial charge in [-0.25, -0.2) is 0 Å². The zero-order valence-electron chi connectivity index (χ0n) is 9.02. The molecule has 17 heavy (non-hydrogen) atoms. The van der Waals surface area contributed by atoms with Crippen molar-refractivity contribution < 1.29 is 9.84 Å². The zero-order chi connectivity index (χ0) is 11.8. The molecule has 4 heteroatoms. The van der Waals surface area contributed by atoms with Gasteiger partial charge in [0.25, 0.3) is 0 Å². The molecule has 0 aliphatic carbocycles. The van der Waals surface area contributed by atoms with Crippen molar-refractivity contribution in [2.24, 2.45) is 0 Å². The highest BCUT2D eigenvalue weighted by Gasteiger charge is 2.23. The molecule has 0 saturated heterocycles. The Bertz CT molecular complexity index is 550. The molecule has 0 amide bonds. The molecule has 2 aromatic rings. The minimum Gasteiger partial charge on any atom is -0.493 e. The largest absolute Gasteiger partial charge is 0.493 e. The van der Waals surface area contributed by atoms with Gasteiger partial charge in [-0.1, -0.05) is 29.8 Å². The highest BCUT2D eigenvalue weighted by atomic mass is 35.5. The van der Waals surface area contributed by atoms with E-state index in [0.29, 0.717) is 11.6 Å². The van der Waals surface area contributed by atoms with Gasteiger partial charge < -0.3 is 9.84 Å². The van der Waals surface area contributed by atoms with Crippen LogP contribution in [0.4, 0.5) is 0 Å². The Morgan fingerprint density at radius 3 is 3.00 bits per heavy atom. The number of thiophene rings is 1. The molecule has 1 unspecified atom stereocenters. The summed E-state index contributed by atoms with van der Waals surface area (Å²) in [4.78, 5) is 0.774. The van der Waals surface area contributed by atoms with Gasteiger partial charge in [0.15, 0.2) is 0 Å². The highest BCUT2D eigenvalue weighted by molar-refractivity contribution is 7.10. The van der Waals surface area contributed by atoms with Gasteiger partial charge in [-0.3, -0.25) is 0 Å². The van der Waals surface area contributed by atoms with Crippen LogP contribution in [0.25, 0.3) is 0 Å². The van der Waals surface area contributed by atoms with Gasteiger partial charge in [0.05, 0.1) is 16.5 Å². The van der Waals surface area contributed by atoms with Crippen LogP contribution in [0.1, 0.15) is 22.1 Å². The molecule has 1 atom stereocenters. The van der Waals surface area contributed by atoms with E-state index >= 15 is 0 Å². The number of aliphatic hydroxyl groups is 1. The first kappa shape index (κ1) is 11.1. The van der Waals surface area contributed by atoms with Gasteiger partial charge in [-0.05, 0) is 17.0 Å². The molecule has 0 spiro atoms. The molecule has 1 aliphatic heterocycles. The Morgan fingerprint density at radius 2 is 2.24 bits per heavy atom. The van der Waals surface area contributed by atoms with E-state index in [-0.39, 0.29) is 0 Å². The lowest BCUT2D eigenvalue weighted by atomic mass is 10.0. The maximum absolute atomic E-state index is 10.4. The predicted molar refractivity (Wildman–Crippen MR) is 69.0 cm³/mol. The number of fused-ring (bicyclic) bond motifs is 1. The van der Waals surface area contributed by atoms with E-state index < -0.39 is 6.10 Å². The highest BCUT2D eigenvalue weighted by Crippen LogP contribution is 2.39. The van der Waals surface area contributed by atoms with Crippen LogP contribution in [-0.2, 0) is 6.42 Å². The van der Waals surface area contributed by atoms with Crippen molar-refractivity contribution in [3.63, 3.8) is 0 Å². The second-order valence-corrected chi connectivity index (χ2v) is 5.32. The van der Waals surface area contributed by atoms with Crippen molar-refractivity contribution in [2.75, 3.05) is 6.61 Å². The van der Waals surface area contributed by atoms with E-state index in [2.05, 4.69) is 0 Å². The third kappa shape index (κ3) is 1.84. The van der Waals surface area contributed by atoms with E-state index in [1.54, 1.807) is 6.07 Å². The molecule has 0 fully saturated rings. The van der Waals surface area contributed by atoms with E-state index in [1.165, 1.54) is 11.3 Å². The summed E-state index contributed by atoms with van der Waals surface area (Å²) < 4.78 is 5.59. The quantitative estimate of drug-likeness (QED) is 0.903. The van der Waals surface area contributed by atoms with Crippen LogP contribution in [0.15, 0.2) is 29.6 Å². The summed E-state index contributed by atoms with van der Waals surface area (Å²) in [6.07, 6.45) is 0.212. The normalized spacial score (nSPS) is 15.4. The number of para-hydroxylation sites is 1. The van der Waals surface area contributed by atoms with Crippen molar-refractivity contribution in [1.82, 2.24) is 0 Å². The summed E-state index contributed by atoms with van der Waals surface area (Å²) in [6, 6.07) is 7.68. The first-order valence-electron chi connectivity index (χ1n) is 5.43. The van der Waals surface area contributed by atoms with Gasteiger partial charge >= 0.3 is 0 Å². The molecule has 2 nitrogen and oxygen atoms in total. The molecule has 1 aromatic carbocycles. The molecule has 1 aliphatic rings. The third-order valence-electron chi connectivity index (χ3n) is 2.93. The van der Waals surface area contributed by atoms with E-state index in [4.69, 9.17) is 16.3 Å². The molecule has 3 rings (SSSR count). The van der Waals surface area contributed by atoms with Crippen LogP contribution >= 0.6 is 22.9 Å². The molecular weight excluding hydrogens is 256 g/mol. The van der Waals surface area contributed by atoms with Crippen molar-refractivity contribution in [3.05, 3.63) is 50.7 Å². The van der Waals surface area contributed by atoms with Crippen molar-refractivity contribution in [1.29, 1.82) is 0 Å². The van der Waals surface area contributed by atoms with Crippen molar-refractivity contribution in [3.8, 4) is 5.75 Å². The SMILES string of the molecule is OC(c1cccc2c1OCC2)c1sccc1Cl. The van der Waals surface area contributed by atoms with Crippen LogP contribution in [0.5, 0.6) is 5.75 Å². The second kappa shape index (κ2) is 4.33. The summed E-state index contributed by atoms with van der Waals surface area (Å²) in [7, 11) is 0. The van der Waals surface area contributed by atoms with E-state index in [1.807, 2.05) is 23.6 Å². The van der Waals surface area contributed by atoms with Crippen LogP contribution < -0.4 is 4.74 Å². The van der Waals surface area contributed by atoms with Crippen LogP contribution in [0.3, 0.4) is 0 Å². The number of benzene rings is 1. The number of rotatable bonds is 2. The molecule has 88 valence electrons. The minimum atomic E-state index is -0.699. The summed E-state index contributed by atoms with van der Waals surface area (Å²) >= 11 is 7.51. The molecule has 1 N–H and O–H groups in total. The lowest BCUT2D eigenvalue weighted by molar-refractivity contribution is 0.217. The number of halogens is 1. The first-order valence-corrected chi connectivity index (χ1v) is 6.68. The summed E-state index contributed by atoms with van der Waals surface area (Å²) in [5.74, 6) is 0.824. The fraction of sp³-hybridized carbons (Fsp3) is 0.231. The number of hydrogen-bond acceptors (Lipinski definition) is 3. The fourth-order valence-corrected chi connectivity index (χ4v) is 3.26. The minimum absolute atomic E-state index is 0.609. The van der Waals surface area contributed by atoms with Gasteiger partial charge in [0.1, 0.15) is 11.9 Å². The second-order valence-electron chi connectivity index (χ2n) is 3.97. The Labute approximate surface area is 108 Å². The third-order valence-corrected chi connectivity index (χ3v) is 4.34. The van der Waals surface area contributed by atoms with Gasteiger partial charge in [0.2, 0.25) is 0 Å². The lowest BCUT2D eigenvalue weighted by Crippen LogP contribution is -2.00. The van der Waals surface area contributed by atoms with Gasteiger partial charge in [-0.15, -0.1) is 11.3 Å². The van der Waals surface area contributed by atoms with Crippen molar-refractivity contribution in [2.45, 2.75) is 12.5 Å². The first-order chi connectivity index (χ1) is 8.27. The number of hydrogen-bond donors (Lipinski definition) is 1. The Hall–Kier alpha value is -1.03. The number of aliphatic hydroxyl groups excluding tert-OH is 1. The maximum Gasteiger partial charge on any atom is 0.128 e. The average Bonchev–Trinajstić information content (AvgIpc) is 2.95. The smallest absolute Gasteiger partial charge is 0.128 e. The average molecular weight is 267 g/mol. The Balaban J connectivity index is 2.05. The topological polar surface area (TPSA) is 29.5 Å². The summed E-state index contributed by atoms with van der Waals surface area (Å²) in [5.41, 5.74) is 1.97. The monoisotopic (exact) mass is 266 g/mol. The Morgan fingerprint density at radius 1 is 1.35 bits per heavy atom. The van der Waals surface area contributed by atoms with E-state index in [0.717, 1.165) is 28.2 Å². The molecule has 1 aromatic heterocycles. The lowest BCUT2D eigenvalue weighted by Gasteiger charge is -2.13. The molecule has 0 radical (unpaired) electrons. The predicted octanol–water partition coefficient (Wildman–Crippen LogP) is 3.42. The van der Waals surface area contributed by atoms with Crippen LogP contribution in [-0.4, -0.2) is 11.7 Å². The maximum atomic E-state index is 10.4. The van der Waals surface area contributed by atoms with Gasteiger partial charge in [0, 0.05) is 12.0 Å². The van der Waals surface area contributed by atoms with Crippen LogP contribution in [0, 0.1) is 0 Å². The molecular formula is C13H11ClO2S. The fourth-order valence-electron chi connectivity index (χ4n) is 2.10.